The molecule has 0 bridgehead atoms. The molecule has 4 N–H and O–H groups in total. The van der Waals surface area contributed by atoms with Crippen molar-refractivity contribution in [2.75, 3.05) is 10.7 Å². The number of rotatable bonds is 3. The Hall–Kier alpha value is -2.06. The number of benzene rings is 1. The Morgan fingerprint density at radius 3 is 2.89 bits per heavy atom. The molecule has 19 heavy (non-hydrogen) atoms. The molecule has 0 aliphatic carbocycles. The number of aromatic nitrogens is 2. The highest BCUT2D eigenvalue weighted by molar-refractivity contribution is 9.10. The van der Waals surface area contributed by atoms with Crippen LogP contribution < -0.4 is 16.6 Å². The number of nitrogen functional groups attached to an aromatic ring is 1. The van der Waals surface area contributed by atoms with E-state index in [1.54, 1.807) is 0 Å². The van der Waals surface area contributed by atoms with E-state index in [-0.39, 0.29) is 11.5 Å². The van der Waals surface area contributed by atoms with E-state index in [0.717, 1.165) is 0 Å². The minimum Gasteiger partial charge on any atom is -0.319 e. The zero-order chi connectivity index (χ0) is 13.8. The molecule has 0 unspecified atom stereocenters. The molecule has 0 saturated carbocycles. The molecule has 0 radical (unpaired) electrons. The number of nitrogens with two attached hydrogens (primary N) is 1. The first-order chi connectivity index (χ1) is 9.10. The molecule has 1 amide bonds. The highest BCUT2D eigenvalue weighted by Gasteiger charge is 2.11. The predicted molar refractivity (Wildman–Crippen MR) is 71.9 cm³/mol. The molecule has 2 rings (SSSR count). The van der Waals surface area contributed by atoms with Gasteiger partial charge < -0.3 is 10.7 Å². The summed E-state index contributed by atoms with van der Waals surface area (Å²) in [5.74, 6) is 4.46. The Bertz CT molecular complexity index is 622. The largest absolute Gasteiger partial charge is 0.319 e. The van der Waals surface area contributed by atoms with Gasteiger partial charge in [-0.15, -0.1) is 0 Å². The summed E-state index contributed by atoms with van der Waals surface area (Å²) in [6.45, 7) is 0. The van der Waals surface area contributed by atoms with E-state index in [1.165, 1.54) is 30.6 Å². The van der Waals surface area contributed by atoms with Crippen molar-refractivity contribution in [2.24, 2.45) is 5.84 Å². The average molecular weight is 326 g/mol. The number of anilines is 2. The average Bonchev–Trinajstić information content (AvgIpc) is 2.43. The smallest absolute Gasteiger partial charge is 0.275 e. The Morgan fingerprint density at radius 2 is 2.16 bits per heavy atom. The van der Waals surface area contributed by atoms with Gasteiger partial charge >= 0.3 is 0 Å². The summed E-state index contributed by atoms with van der Waals surface area (Å²) in [4.78, 5) is 19.6. The lowest BCUT2D eigenvalue weighted by Gasteiger charge is -2.07. The highest BCUT2D eigenvalue weighted by Crippen LogP contribution is 2.23. The first-order valence-electron chi connectivity index (χ1n) is 5.15. The maximum Gasteiger partial charge on any atom is 0.275 e. The van der Waals surface area contributed by atoms with Gasteiger partial charge in [0.25, 0.3) is 5.91 Å². The summed E-state index contributed by atoms with van der Waals surface area (Å²) in [7, 11) is 0. The zero-order valence-corrected chi connectivity index (χ0v) is 11.1. The molecule has 0 saturated heterocycles. The Kier molecular flexibility index (Phi) is 4.03. The first-order valence-corrected chi connectivity index (χ1v) is 5.94. The summed E-state index contributed by atoms with van der Waals surface area (Å²) in [5.41, 5.74) is 2.65. The van der Waals surface area contributed by atoms with Crippen LogP contribution in [0.15, 0.2) is 35.1 Å². The number of hydrogen-bond donors (Lipinski definition) is 3. The summed E-state index contributed by atoms with van der Waals surface area (Å²) in [5, 5.41) is 2.52. The lowest BCUT2D eigenvalue weighted by atomic mass is 10.3. The fourth-order valence-corrected chi connectivity index (χ4v) is 1.67. The number of halogens is 2. The Labute approximate surface area is 116 Å². The zero-order valence-electron chi connectivity index (χ0n) is 9.52. The van der Waals surface area contributed by atoms with E-state index in [4.69, 9.17) is 5.84 Å². The molecule has 0 atom stereocenters. The van der Waals surface area contributed by atoms with Crippen LogP contribution in [0.25, 0.3) is 0 Å². The van der Waals surface area contributed by atoms with Crippen LogP contribution in [0.4, 0.5) is 15.9 Å². The maximum absolute atomic E-state index is 13.1. The van der Waals surface area contributed by atoms with Crippen LogP contribution in [-0.2, 0) is 0 Å². The lowest BCUT2D eigenvalue weighted by Crippen LogP contribution is -2.17. The second kappa shape index (κ2) is 5.72. The third kappa shape index (κ3) is 3.24. The topological polar surface area (TPSA) is 92.9 Å². The van der Waals surface area contributed by atoms with Gasteiger partial charge in [-0.2, -0.15) is 0 Å². The third-order valence-electron chi connectivity index (χ3n) is 2.19. The summed E-state index contributed by atoms with van der Waals surface area (Å²) >= 11 is 3.21. The number of hydrazine groups is 1. The molecular weight excluding hydrogens is 317 g/mol. The van der Waals surface area contributed by atoms with Crippen molar-refractivity contribution in [1.82, 2.24) is 9.97 Å². The molecular formula is C11H9BrFN5O. The fraction of sp³-hybridized carbons (Fsp3) is 0. The van der Waals surface area contributed by atoms with Crippen LogP contribution in [0.2, 0.25) is 0 Å². The molecule has 0 aliphatic heterocycles. The van der Waals surface area contributed by atoms with Gasteiger partial charge in [-0.3, -0.25) is 9.78 Å². The molecule has 98 valence electrons. The molecule has 0 spiro atoms. The van der Waals surface area contributed by atoms with Crippen molar-refractivity contribution in [3.63, 3.8) is 0 Å². The first kappa shape index (κ1) is 13.4. The van der Waals surface area contributed by atoms with E-state index in [2.05, 4.69) is 36.6 Å². The van der Waals surface area contributed by atoms with Crippen molar-refractivity contribution >= 4 is 33.3 Å². The van der Waals surface area contributed by atoms with Crippen molar-refractivity contribution in [1.29, 1.82) is 0 Å². The van der Waals surface area contributed by atoms with Gasteiger partial charge in [0.15, 0.2) is 5.82 Å². The number of carbonyl (C=O) groups excluding carboxylic acids is 1. The monoisotopic (exact) mass is 325 g/mol. The molecule has 6 nitrogen and oxygen atoms in total. The van der Waals surface area contributed by atoms with Crippen LogP contribution in [-0.4, -0.2) is 15.9 Å². The summed E-state index contributed by atoms with van der Waals surface area (Å²) in [6.07, 6.45) is 2.65. The van der Waals surface area contributed by atoms with Crippen LogP contribution in [0.5, 0.6) is 0 Å². The normalized spacial score (nSPS) is 10.1. The van der Waals surface area contributed by atoms with Crippen LogP contribution in [0.3, 0.4) is 0 Å². The van der Waals surface area contributed by atoms with E-state index in [0.29, 0.717) is 10.2 Å². The molecule has 1 heterocycles. The summed E-state index contributed by atoms with van der Waals surface area (Å²) < 4.78 is 13.7. The quantitative estimate of drug-likeness (QED) is 0.592. The van der Waals surface area contributed by atoms with Crippen LogP contribution >= 0.6 is 15.9 Å². The second-order valence-corrected chi connectivity index (χ2v) is 4.37. The standard InChI is InChI=1S/C11H9BrFN5O/c12-7-2-1-6(13)3-8(7)17-11(19)9-4-15-5-10(16-9)18-14/h1-5H,14H2,(H,16,18)(H,17,19). The Balaban J connectivity index is 2.22. The predicted octanol–water partition coefficient (Wildman–Crippen LogP) is 1.92. The van der Waals surface area contributed by atoms with Gasteiger partial charge in [-0.1, -0.05) is 0 Å². The van der Waals surface area contributed by atoms with Gasteiger partial charge in [0.1, 0.15) is 11.5 Å². The van der Waals surface area contributed by atoms with Crippen LogP contribution in [0, 0.1) is 5.82 Å². The molecule has 1 aromatic carbocycles. The molecule has 2 aromatic rings. The van der Waals surface area contributed by atoms with E-state index < -0.39 is 11.7 Å². The number of nitrogens with zero attached hydrogens (tertiary/aromatic N) is 2. The molecule has 1 aromatic heterocycles. The van der Waals surface area contributed by atoms with Gasteiger partial charge in [0.2, 0.25) is 0 Å². The number of hydrogen-bond acceptors (Lipinski definition) is 5. The number of nitrogens with one attached hydrogen (secondary N) is 2. The van der Waals surface area contributed by atoms with Crippen molar-refractivity contribution in [3.05, 3.63) is 46.6 Å². The van der Waals surface area contributed by atoms with Gasteiger partial charge in [0, 0.05) is 4.47 Å². The molecule has 8 heteroatoms. The van der Waals surface area contributed by atoms with E-state index >= 15 is 0 Å². The third-order valence-corrected chi connectivity index (χ3v) is 2.88. The van der Waals surface area contributed by atoms with Crippen molar-refractivity contribution in [3.8, 4) is 0 Å². The van der Waals surface area contributed by atoms with Crippen molar-refractivity contribution in [2.45, 2.75) is 0 Å². The van der Waals surface area contributed by atoms with Gasteiger partial charge in [0.05, 0.1) is 18.1 Å². The van der Waals surface area contributed by atoms with Gasteiger partial charge in [-0.05, 0) is 34.1 Å². The Morgan fingerprint density at radius 1 is 1.37 bits per heavy atom. The minimum atomic E-state index is -0.518. The SMILES string of the molecule is NNc1cncc(C(=O)Nc2cc(F)ccc2Br)n1. The fourth-order valence-electron chi connectivity index (χ4n) is 1.32. The van der Waals surface area contributed by atoms with Crippen molar-refractivity contribution < 1.29 is 9.18 Å². The minimum absolute atomic E-state index is 0.0617. The number of amides is 1. The summed E-state index contributed by atoms with van der Waals surface area (Å²) in [6, 6.07) is 3.97. The van der Waals surface area contributed by atoms with Gasteiger partial charge in [-0.25, -0.2) is 15.2 Å². The van der Waals surface area contributed by atoms with E-state index in [1.807, 2.05) is 0 Å². The molecule has 0 aliphatic rings. The second-order valence-electron chi connectivity index (χ2n) is 3.51. The highest BCUT2D eigenvalue weighted by atomic mass is 79.9. The maximum atomic E-state index is 13.1. The number of carbonyl (C=O) groups is 1. The van der Waals surface area contributed by atoms with E-state index in [9.17, 15) is 9.18 Å². The molecule has 0 fully saturated rings. The van der Waals surface area contributed by atoms with Crippen LogP contribution in [0.1, 0.15) is 10.5 Å². The lowest BCUT2D eigenvalue weighted by molar-refractivity contribution is 0.102.